The van der Waals surface area contributed by atoms with Crippen molar-refractivity contribution in [2.75, 3.05) is 32.7 Å². The molecular formula is C34H44N8O4S. The first-order valence-corrected chi connectivity index (χ1v) is 17.9. The minimum absolute atomic E-state index is 0.0423. The lowest BCUT2D eigenvalue weighted by atomic mass is 9.96. The number of carbonyl (C=O) groups excluding carboxylic acids is 3. The molecule has 1 aromatic carbocycles. The fourth-order valence-corrected chi connectivity index (χ4v) is 8.89. The Labute approximate surface area is 279 Å². The van der Waals surface area contributed by atoms with Gasteiger partial charge in [0.05, 0.1) is 41.2 Å². The maximum atomic E-state index is 14.0. The maximum absolute atomic E-state index is 14.0. The highest BCUT2D eigenvalue weighted by Crippen LogP contribution is 2.34. The SMILES string of the molecule is Cc1sc2nc1CC(=O)N(C1CCN(C3CCCC3)CC1)CC(=O)N[C@H](Cc1cn(-c3ccc(O)cc3)nn1)C(=O)N1CCC2CC1. The second kappa shape index (κ2) is 13.7. The zero-order valence-electron chi connectivity index (χ0n) is 27.0. The van der Waals surface area contributed by atoms with Crippen molar-refractivity contribution in [1.82, 2.24) is 40.0 Å². The molecule has 2 aromatic heterocycles. The Kier molecular flexibility index (Phi) is 9.26. The average molecular weight is 661 g/mol. The Morgan fingerprint density at radius 3 is 2.38 bits per heavy atom. The molecule has 0 unspecified atom stereocenters. The third kappa shape index (κ3) is 7.06. The fraction of sp³-hybridized carbons (Fsp3) is 0.588. The first kappa shape index (κ1) is 31.7. The van der Waals surface area contributed by atoms with Gasteiger partial charge in [-0.1, -0.05) is 18.1 Å². The number of amides is 3. The average Bonchev–Trinajstić information content (AvgIpc) is 3.86. The second-order valence-electron chi connectivity index (χ2n) is 13.6. The number of hydrogen-bond acceptors (Lipinski definition) is 9. The molecule has 6 heterocycles. The molecule has 13 heteroatoms. The summed E-state index contributed by atoms with van der Waals surface area (Å²) in [5, 5.41) is 22.3. The molecule has 1 saturated carbocycles. The minimum Gasteiger partial charge on any atom is -0.508 e. The van der Waals surface area contributed by atoms with Crippen LogP contribution in [0.4, 0.5) is 0 Å². The number of aryl methyl sites for hydroxylation is 1. The van der Waals surface area contributed by atoms with Crippen molar-refractivity contribution in [2.45, 2.75) is 95.2 Å². The van der Waals surface area contributed by atoms with Gasteiger partial charge in [-0.25, -0.2) is 9.67 Å². The molecule has 2 N–H and O–H groups in total. The van der Waals surface area contributed by atoms with Crippen molar-refractivity contribution in [3.63, 3.8) is 0 Å². The molecule has 5 aliphatic rings. The first-order valence-electron chi connectivity index (χ1n) is 17.1. The monoisotopic (exact) mass is 660 g/mol. The predicted molar refractivity (Wildman–Crippen MR) is 176 cm³/mol. The molecule has 12 nitrogen and oxygen atoms in total. The molecule has 3 aromatic rings. The molecule has 0 radical (unpaired) electrons. The molecular weight excluding hydrogens is 616 g/mol. The number of nitrogens with zero attached hydrogens (tertiary/aromatic N) is 7. The van der Waals surface area contributed by atoms with Gasteiger partial charge in [-0.2, -0.15) is 0 Å². The highest BCUT2D eigenvalue weighted by Gasteiger charge is 2.36. The Morgan fingerprint density at radius 2 is 1.66 bits per heavy atom. The van der Waals surface area contributed by atoms with Crippen LogP contribution in [-0.4, -0.2) is 108 Å². The number of benzene rings is 1. The number of hydrogen-bond donors (Lipinski definition) is 2. The normalized spacial score (nSPS) is 24.1. The molecule has 3 fully saturated rings. The summed E-state index contributed by atoms with van der Waals surface area (Å²) in [5.74, 6) is -0.183. The summed E-state index contributed by atoms with van der Waals surface area (Å²) in [5.41, 5.74) is 2.09. The zero-order valence-corrected chi connectivity index (χ0v) is 27.8. The van der Waals surface area contributed by atoms with Gasteiger partial charge in [0.2, 0.25) is 17.7 Å². The van der Waals surface area contributed by atoms with E-state index >= 15 is 0 Å². The summed E-state index contributed by atoms with van der Waals surface area (Å²) >= 11 is 1.66. The van der Waals surface area contributed by atoms with E-state index in [1.807, 2.05) is 11.8 Å². The summed E-state index contributed by atoms with van der Waals surface area (Å²) in [6, 6.07) is 6.35. The van der Waals surface area contributed by atoms with Gasteiger partial charge in [0.15, 0.2) is 0 Å². The number of fused-ring (bicyclic) bond motifs is 9. The predicted octanol–water partition coefficient (Wildman–Crippen LogP) is 2.96. The van der Waals surface area contributed by atoms with E-state index in [2.05, 4.69) is 20.5 Å². The fourth-order valence-electron chi connectivity index (χ4n) is 7.78. The van der Waals surface area contributed by atoms with Crippen LogP contribution in [0.1, 0.15) is 78.6 Å². The number of phenols is 1. The number of piperidine rings is 2. The molecule has 1 atom stereocenters. The highest BCUT2D eigenvalue weighted by atomic mass is 32.1. The van der Waals surface area contributed by atoms with Gasteiger partial charge >= 0.3 is 0 Å². The van der Waals surface area contributed by atoms with Crippen LogP contribution < -0.4 is 5.32 Å². The highest BCUT2D eigenvalue weighted by molar-refractivity contribution is 7.11. The van der Waals surface area contributed by atoms with Gasteiger partial charge in [-0.15, -0.1) is 16.4 Å². The molecule has 3 amide bonds. The Bertz CT molecular complexity index is 1580. The minimum atomic E-state index is -0.844. The van der Waals surface area contributed by atoms with Crippen LogP contribution >= 0.6 is 11.3 Å². The summed E-state index contributed by atoms with van der Waals surface area (Å²) < 4.78 is 1.58. The number of nitrogens with one attached hydrogen (secondary N) is 1. The largest absolute Gasteiger partial charge is 0.508 e. The number of aromatic nitrogens is 4. The van der Waals surface area contributed by atoms with E-state index in [9.17, 15) is 19.5 Å². The van der Waals surface area contributed by atoms with E-state index in [0.717, 1.165) is 60.0 Å². The molecule has 47 heavy (non-hydrogen) atoms. The van der Waals surface area contributed by atoms with Crippen molar-refractivity contribution in [3.05, 3.63) is 51.7 Å². The molecule has 250 valence electrons. The number of aromatic hydroxyl groups is 1. The van der Waals surface area contributed by atoms with Crippen LogP contribution in [0.2, 0.25) is 0 Å². The van der Waals surface area contributed by atoms with E-state index in [4.69, 9.17) is 4.98 Å². The van der Waals surface area contributed by atoms with Crippen LogP contribution in [0.15, 0.2) is 30.5 Å². The number of rotatable bonds is 5. The number of thiazole rings is 1. The smallest absolute Gasteiger partial charge is 0.245 e. The maximum Gasteiger partial charge on any atom is 0.245 e. The van der Waals surface area contributed by atoms with Crippen molar-refractivity contribution in [2.24, 2.45) is 0 Å². The Morgan fingerprint density at radius 1 is 0.936 bits per heavy atom. The standard InChI is InChI=1S/C34H44N8O4S/c1-22-29-19-32(45)41(26-12-16-39(17-13-26)25-4-2-3-5-25)21-31(44)35-30(34(46)40-14-10-23(11-15-40)33(36-29)47-22)18-24-20-42(38-37-24)27-6-8-28(43)9-7-27/h6-9,20,23,25-26,30,43H,2-5,10-19,21H2,1H3,(H,35,44)/t30-/m1/s1. The molecule has 1 aliphatic carbocycles. The van der Waals surface area contributed by atoms with E-state index in [0.29, 0.717) is 24.8 Å². The Hall–Kier alpha value is -3.84. The molecule has 2 saturated heterocycles. The molecule has 4 aliphatic heterocycles. The molecule has 8 rings (SSSR count). The van der Waals surface area contributed by atoms with Crippen LogP contribution in [0, 0.1) is 6.92 Å². The van der Waals surface area contributed by atoms with E-state index in [1.54, 1.807) is 51.4 Å². The third-order valence-electron chi connectivity index (χ3n) is 10.5. The molecule has 0 spiro atoms. The lowest BCUT2D eigenvalue weighted by molar-refractivity contribution is -0.141. The van der Waals surface area contributed by atoms with Gasteiger partial charge in [0.25, 0.3) is 0 Å². The van der Waals surface area contributed by atoms with Gasteiger partial charge < -0.3 is 25.1 Å². The third-order valence-corrected chi connectivity index (χ3v) is 11.7. The quantitative estimate of drug-likeness (QED) is 0.427. The van der Waals surface area contributed by atoms with Gasteiger partial charge in [-0.3, -0.25) is 14.4 Å². The summed E-state index contributed by atoms with van der Waals surface area (Å²) in [6.45, 7) is 4.94. The van der Waals surface area contributed by atoms with Crippen LogP contribution in [0.3, 0.4) is 0 Å². The Balaban J connectivity index is 1.13. The lowest BCUT2D eigenvalue weighted by Crippen LogP contribution is -2.56. The lowest BCUT2D eigenvalue weighted by Gasteiger charge is -2.40. The summed E-state index contributed by atoms with van der Waals surface area (Å²) in [7, 11) is 0. The topological polar surface area (TPSA) is 137 Å². The summed E-state index contributed by atoms with van der Waals surface area (Å²) in [4.78, 5) is 54.1. The van der Waals surface area contributed by atoms with Crippen molar-refractivity contribution < 1.29 is 19.5 Å². The number of phenolic OH excluding ortho intramolecular Hbond substituents is 1. The molecule has 4 bridgehead atoms. The van der Waals surface area contributed by atoms with Gasteiger partial charge in [0, 0.05) is 55.5 Å². The van der Waals surface area contributed by atoms with Crippen LogP contribution in [-0.2, 0) is 27.2 Å². The van der Waals surface area contributed by atoms with Crippen molar-refractivity contribution >= 4 is 29.1 Å². The number of carbonyl (C=O) groups is 3. The van der Waals surface area contributed by atoms with E-state index in [-0.39, 0.29) is 54.8 Å². The van der Waals surface area contributed by atoms with Crippen molar-refractivity contribution in [3.8, 4) is 11.4 Å². The summed E-state index contributed by atoms with van der Waals surface area (Å²) in [6.07, 6.45) is 10.4. The van der Waals surface area contributed by atoms with Gasteiger partial charge in [0.1, 0.15) is 11.8 Å². The van der Waals surface area contributed by atoms with E-state index < -0.39 is 6.04 Å². The van der Waals surface area contributed by atoms with Crippen LogP contribution in [0.25, 0.3) is 5.69 Å². The first-order chi connectivity index (χ1) is 22.8. The van der Waals surface area contributed by atoms with Gasteiger partial charge in [-0.05, 0) is 69.7 Å². The second-order valence-corrected chi connectivity index (χ2v) is 14.8. The zero-order chi connectivity index (χ0) is 32.5. The van der Waals surface area contributed by atoms with Crippen LogP contribution in [0.5, 0.6) is 5.75 Å². The van der Waals surface area contributed by atoms with E-state index in [1.165, 1.54) is 25.7 Å². The number of likely N-dealkylation sites (tertiary alicyclic amines) is 1. The van der Waals surface area contributed by atoms with Crippen molar-refractivity contribution in [1.29, 1.82) is 0 Å².